The summed E-state index contributed by atoms with van der Waals surface area (Å²) in [7, 11) is -4.67. The van der Waals surface area contributed by atoms with Crippen LogP contribution in [0.5, 0.6) is 0 Å². The molecule has 0 aliphatic rings. The first-order chi connectivity index (χ1) is 6.47. The molecule has 0 bridgehead atoms. The van der Waals surface area contributed by atoms with Crippen molar-refractivity contribution in [3.63, 3.8) is 0 Å². The highest BCUT2D eigenvalue weighted by atomic mass is 32.3. The lowest BCUT2D eigenvalue weighted by atomic mass is 10.3. The zero-order valence-electron chi connectivity index (χ0n) is 6.99. The van der Waals surface area contributed by atoms with Gasteiger partial charge in [0.2, 0.25) is 0 Å². The fourth-order valence-electron chi connectivity index (χ4n) is 0.906. The van der Waals surface area contributed by atoms with Crippen LogP contribution in [0.25, 0.3) is 10.1 Å². The van der Waals surface area contributed by atoms with Crippen molar-refractivity contribution in [2.24, 2.45) is 0 Å². The van der Waals surface area contributed by atoms with E-state index in [-0.39, 0.29) is 0 Å². The highest BCUT2D eigenvalue weighted by molar-refractivity contribution is 7.79. The van der Waals surface area contributed by atoms with Gasteiger partial charge in [0.25, 0.3) is 0 Å². The minimum absolute atomic E-state index is 1.35. The summed E-state index contributed by atoms with van der Waals surface area (Å²) < 4.78 is 33.0. The zero-order chi connectivity index (χ0) is 10.6. The molecule has 1 aromatic carbocycles. The quantitative estimate of drug-likeness (QED) is 0.683. The molecular formula is C8H8O4S2. The summed E-state index contributed by atoms with van der Waals surface area (Å²) in [6.45, 7) is 0. The van der Waals surface area contributed by atoms with Crippen LogP contribution >= 0.6 is 11.3 Å². The van der Waals surface area contributed by atoms with Gasteiger partial charge >= 0.3 is 10.4 Å². The molecule has 0 radical (unpaired) electrons. The number of hydrogen-bond acceptors (Lipinski definition) is 3. The Morgan fingerprint density at radius 2 is 1.64 bits per heavy atom. The smallest absolute Gasteiger partial charge is 0.264 e. The average molecular weight is 232 g/mol. The Bertz CT molecular complexity index is 463. The summed E-state index contributed by atoms with van der Waals surface area (Å²) in [5.74, 6) is 0. The predicted molar refractivity (Wildman–Crippen MR) is 56.0 cm³/mol. The maximum atomic E-state index is 8.74. The van der Waals surface area contributed by atoms with Crippen LogP contribution in [0.1, 0.15) is 0 Å². The molecule has 0 amide bonds. The second kappa shape index (κ2) is 4.52. The standard InChI is InChI=1S/C8H6S.H2O4S/c1-2-4-8-7(3-1)5-6-9-8;1-5(2,3)4/h1-6H;(H2,1,2,3,4). The van der Waals surface area contributed by atoms with E-state index >= 15 is 0 Å². The molecule has 76 valence electrons. The Morgan fingerprint density at radius 1 is 1.07 bits per heavy atom. The third-order valence-corrected chi connectivity index (χ3v) is 2.26. The first kappa shape index (κ1) is 11.1. The van der Waals surface area contributed by atoms with Gasteiger partial charge < -0.3 is 0 Å². The van der Waals surface area contributed by atoms with Gasteiger partial charge in [-0.05, 0) is 22.9 Å². The maximum Gasteiger partial charge on any atom is 0.394 e. The molecule has 0 spiro atoms. The lowest BCUT2D eigenvalue weighted by molar-refractivity contribution is 0.381. The van der Waals surface area contributed by atoms with E-state index in [1.807, 2.05) is 0 Å². The topological polar surface area (TPSA) is 74.6 Å². The van der Waals surface area contributed by atoms with E-state index < -0.39 is 10.4 Å². The van der Waals surface area contributed by atoms with Crippen LogP contribution in [0.2, 0.25) is 0 Å². The lowest BCUT2D eigenvalue weighted by Gasteiger charge is -1.82. The van der Waals surface area contributed by atoms with Crippen molar-refractivity contribution in [3.05, 3.63) is 35.7 Å². The summed E-state index contributed by atoms with van der Waals surface area (Å²) in [6, 6.07) is 10.5. The van der Waals surface area contributed by atoms with Gasteiger partial charge in [0.1, 0.15) is 0 Å². The summed E-state index contributed by atoms with van der Waals surface area (Å²) >= 11 is 1.79. The number of thiophene rings is 1. The van der Waals surface area contributed by atoms with Crippen LogP contribution in [0, 0.1) is 0 Å². The Labute approximate surface area is 85.4 Å². The minimum atomic E-state index is -4.67. The van der Waals surface area contributed by atoms with Crippen LogP contribution in [0.3, 0.4) is 0 Å². The molecule has 0 saturated carbocycles. The molecule has 2 aromatic rings. The molecule has 0 unspecified atom stereocenters. The number of fused-ring (bicyclic) bond motifs is 1. The predicted octanol–water partition coefficient (Wildman–Crippen LogP) is 2.25. The van der Waals surface area contributed by atoms with Crippen LogP contribution in [-0.2, 0) is 10.4 Å². The second-order valence-corrected chi connectivity index (χ2v) is 4.25. The normalized spacial score (nSPS) is 10.7. The molecular weight excluding hydrogens is 224 g/mol. The molecule has 1 heterocycles. The monoisotopic (exact) mass is 232 g/mol. The van der Waals surface area contributed by atoms with Crippen molar-refractivity contribution in [1.29, 1.82) is 0 Å². The van der Waals surface area contributed by atoms with Crippen molar-refractivity contribution in [1.82, 2.24) is 0 Å². The molecule has 2 rings (SSSR count). The third-order valence-electron chi connectivity index (χ3n) is 1.36. The van der Waals surface area contributed by atoms with Crippen LogP contribution in [0.4, 0.5) is 0 Å². The fraction of sp³-hybridized carbons (Fsp3) is 0. The largest absolute Gasteiger partial charge is 0.394 e. The van der Waals surface area contributed by atoms with Gasteiger partial charge in [-0.15, -0.1) is 11.3 Å². The van der Waals surface area contributed by atoms with E-state index in [0.717, 1.165) is 0 Å². The number of hydrogen-bond donors (Lipinski definition) is 2. The molecule has 0 saturated heterocycles. The molecule has 0 fully saturated rings. The molecule has 0 aliphatic heterocycles. The summed E-state index contributed by atoms with van der Waals surface area (Å²) in [6.07, 6.45) is 0. The van der Waals surface area contributed by atoms with E-state index in [2.05, 4.69) is 35.7 Å². The average Bonchev–Trinajstić information content (AvgIpc) is 2.47. The van der Waals surface area contributed by atoms with Crippen LogP contribution in [0.15, 0.2) is 35.7 Å². The van der Waals surface area contributed by atoms with Gasteiger partial charge in [-0.2, -0.15) is 8.42 Å². The Hall–Kier alpha value is -0.950. The molecule has 0 atom stereocenters. The van der Waals surface area contributed by atoms with Gasteiger partial charge in [0, 0.05) is 4.70 Å². The Balaban J connectivity index is 0.000000171. The molecule has 2 N–H and O–H groups in total. The summed E-state index contributed by atoms with van der Waals surface area (Å²) in [4.78, 5) is 0. The number of rotatable bonds is 0. The number of benzene rings is 1. The minimum Gasteiger partial charge on any atom is -0.264 e. The van der Waals surface area contributed by atoms with Crippen molar-refractivity contribution in [2.45, 2.75) is 0 Å². The SMILES string of the molecule is O=S(=O)(O)O.c1ccc2sccc2c1. The zero-order valence-corrected chi connectivity index (χ0v) is 8.62. The Morgan fingerprint density at radius 3 is 2.21 bits per heavy atom. The maximum absolute atomic E-state index is 8.74. The molecule has 4 nitrogen and oxygen atoms in total. The first-order valence-corrected chi connectivity index (χ1v) is 5.86. The first-order valence-electron chi connectivity index (χ1n) is 3.59. The van der Waals surface area contributed by atoms with Gasteiger partial charge in [0.05, 0.1) is 0 Å². The Kier molecular flexibility index (Phi) is 3.59. The van der Waals surface area contributed by atoms with Gasteiger partial charge in [-0.1, -0.05) is 18.2 Å². The van der Waals surface area contributed by atoms with E-state index in [1.165, 1.54) is 10.1 Å². The van der Waals surface area contributed by atoms with Crippen LogP contribution in [-0.4, -0.2) is 17.5 Å². The van der Waals surface area contributed by atoms with E-state index in [4.69, 9.17) is 17.5 Å². The van der Waals surface area contributed by atoms with E-state index in [1.54, 1.807) is 11.3 Å². The van der Waals surface area contributed by atoms with Gasteiger partial charge in [-0.3, -0.25) is 9.11 Å². The summed E-state index contributed by atoms with van der Waals surface area (Å²) in [5.41, 5.74) is 0. The van der Waals surface area contributed by atoms with Gasteiger partial charge in [0.15, 0.2) is 0 Å². The lowest BCUT2D eigenvalue weighted by Crippen LogP contribution is -1.89. The van der Waals surface area contributed by atoms with Crippen molar-refractivity contribution in [2.75, 3.05) is 0 Å². The van der Waals surface area contributed by atoms with Crippen molar-refractivity contribution in [3.8, 4) is 0 Å². The van der Waals surface area contributed by atoms with Crippen molar-refractivity contribution < 1.29 is 17.5 Å². The van der Waals surface area contributed by atoms with E-state index in [0.29, 0.717) is 0 Å². The fourth-order valence-corrected chi connectivity index (χ4v) is 1.70. The van der Waals surface area contributed by atoms with Crippen LogP contribution < -0.4 is 0 Å². The highest BCUT2D eigenvalue weighted by Gasteiger charge is 1.87. The van der Waals surface area contributed by atoms with Crippen molar-refractivity contribution >= 4 is 31.8 Å². The van der Waals surface area contributed by atoms with E-state index in [9.17, 15) is 0 Å². The van der Waals surface area contributed by atoms with Gasteiger partial charge in [-0.25, -0.2) is 0 Å². The highest BCUT2D eigenvalue weighted by Crippen LogP contribution is 2.18. The molecule has 14 heavy (non-hydrogen) atoms. The third kappa shape index (κ3) is 4.33. The molecule has 6 heteroatoms. The summed E-state index contributed by atoms with van der Waals surface area (Å²) in [5, 5.41) is 3.47. The molecule has 0 aliphatic carbocycles. The second-order valence-electron chi connectivity index (χ2n) is 2.41. The molecule has 1 aromatic heterocycles.